The number of nitrogens with one attached hydrogen (secondary N) is 1. The molecule has 0 aliphatic heterocycles. The summed E-state index contributed by atoms with van der Waals surface area (Å²) in [6.45, 7) is 1.54. The highest BCUT2D eigenvalue weighted by atomic mass is 32.2. The number of ether oxygens (including phenoxy) is 2. The van der Waals surface area contributed by atoms with E-state index in [-0.39, 0.29) is 23.5 Å². The van der Waals surface area contributed by atoms with Gasteiger partial charge in [-0.3, -0.25) is 10.1 Å². The number of hydrogen-bond donors (Lipinski definition) is 1. The lowest BCUT2D eigenvalue weighted by Crippen LogP contribution is -2.30. The van der Waals surface area contributed by atoms with E-state index in [1.54, 1.807) is 31.2 Å². The molecule has 0 aliphatic carbocycles. The van der Waals surface area contributed by atoms with Crippen LogP contribution in [0.3, 0.4) is 0 Å². The van der Waals surface area contributed by atoms with Gasteiger partial charge in [-0.25, -0.2) is 13.2 Å². The largest absolute Gasteiger partial charge is 0.497 e. The molecule has 8 nitrogen and oxygen atoms in total. The predicted molar refractivity (Wildman–Crippen MR) is 153 cm³/mol. The van der Waals surface area contributed by atoms with E-state index < -0.39 is 28.5 Å². The summed E-state index contributed by atoms with van der Waals surface area (Å²) in [5.41, 5.74) is 2.93. The molecule has 9 heteroatoms. The van der Waals surface area contributed by atoms with Crippen molar-refractivity contribution in [3.8, 4) is 5.75 Å². The first-order valence-corrected chi connectivity index (χ1v) is 14.0. The number of methoxy groups -OCH3 is 1. The van der Waals surface area contributed by atoms with Crippen LogP contribution in [0.25, 0.3) is 0 Å². The standard InChI is InChI=1S/C31H30N2O6S/c1-23-19-28(17-18-29(23)30(34)22-39-31(35)32-26-13-15-27(38-2)16-14-26)40(36,37)33(20-24-9-5-3-6-10-24)21-25-11-7-4-8-12-25/h3-19H,20-22H2,1-2H3,(H,32,35). The van der Waals surface area contributed by atoms with E-state index in [1.165, 1.54) is 29.6 Å². The number of anilines is 1. The van der Waals surface area contributed by atoms with Crippen molar-refractivity contribution < 1.29 is 27.5 Å². The zero-order chi connectivity index (χ0) is 28.5. The topological polar surface area (TPSA) is 102 Å². The van der Waals surface area contributed by atoms with Gasteiger partial charge in [0.1, 0.15) is 5.75 Å². The first kappa shape index (κ1) is 28.5. The van der Waals surface area contributed by atoms with Crippen molar-refractivity contribution >= 4 is 27.6 Å². The van der Waals surface area contributed by atoms with E-state index in [4.69, 9.17) is 9.47 Å². The molecule has 0 spiro atoms. The third-order valence-corrected chi connectivity index (χ3v) is 8.00. The Labute approximate surface area is 234 Å². The Kier molecular flexibility index (Phi) is 9.31. The SMILES string of the molecule is COc1ccc(NC(=O)OCC(=O)c2ccc(S(=O)(=O)N(Cc3ccccc3)Cc3ccccc3)cc2C)cc1. The molecular weight excluding hydrogens is 528 g/mol. The van der Waals surface area contributed by atoms with Crippen LogP contribution in [0.5, 0.6) is 5.75 Å². The van der Waals surface area contributed by atoms with E-state index in [0.29, 0.717) is 17.0 Å². The highest BCUT2D eigenvalue weighted by Gasteiger charge is 2.26. The second kappa shape index (κ2) is 13.1. The maximum Gasteiger partial charge on any atom is 0.412 e. The Morgan fingerprint density at radius 2 is 1.38 bits per heavy atom. The number of hydrogen-bond acceptors (Lipinski definition) is 6. The van der Waals surface area contributed by atoms with Crippen LogP contribution in [-0.2, 0) is 27.8 Å². The zero-order valence-electron chi connectivity index (χ0n) is 22.2. The van der Waals surface area contributed by atoms with Gasteiger partial charge in [0, 0.05) is 24.3 Å². The third kappa shape index (κ3) is 7.34. The summed E-state index contributed by atoms with van der Waals surface area (Å²) in [6, 6.07) is 29.7. The van der Waals surface area contributed by atoms with Gasteiger partial charge in [0.15, 0.2) is 6.61 Å². The number of ketones is 1. The number of carbonyl (C=O) groups is 2. The second-order valence-corrected chi connectivity index (χ2v) is 11.0. The number of rotatable bonds is 11. The van der Waals surface area contributed by atoms with Gasteiger partial charge >= 0.3 is 6.09 Å². The van der Waals surface area contributed by atoms with Gasteiger partial charge in [-0.05, 0) is 66.1 Å². The van der Waals surface area contributed by atoms with Crippen molar-refractivity contribution in [2.45, 2.75) is 24.9 Å². The summed E-state index contributed by atoms with van der Waals surface area (Å²) < 4.78 is 39.1. The molecule has 4 rings (SSSR count). The summed E-state index contributed by atoms with van der Waals surface area (Å²) in [5.74, 6) is 0.190. The van der Waals surface area contributed by atoms with Crippen LogP contribution in [0.2, 0.25) is 0 Å². The van der Waals surface area contributed by atoms with Crippen molar-refractivity contribution in [2.75, 3.05) is 19.0 Å². The van der Waals surface area contributed by atoms with Crippen LogP contribution in [0.4, 0.5) is 10.5 Å². The molecule has 0 saturated heterocycles. The third-order valence-electron chi connectivity index (χ3n) is 6.21. The average molecular weight is 559 g/mol. The van der Waals surface area contributed by atoms with Crippen molar-refractivity contribution in [2.24, 2.45) is 0 Å². The zero-order valence-corrected chi connectivity index (χ0v) is 23.1. The van der Waals surface area contributed by atoms with Crippen LogP contribution in [0, 0.1) is 6.92 Å². The number of sulfonamides is 1. The normalized spacial score (nSPS) is 11.2. The van der Waals surface area contributed by atoms with E-state index in [1.807, 2.05) is 60.7 Å². The molecule has 0 aromatic heterocycles. The summed E-state index contributed by atoms with van der Waals surface area (Å²) in [5, 5.41) is 2.54. The highest BCUT2D eigenvalue weighted by Crippen LogP contribution is 2.24. The molecule has 0 aliphatic rings. The molecule has 0 radical (unpaired) electrons. The number of benzene rings is 4. The molecule has 0 unspecified atom stereocenters. The van der Waals surface area contributed by atoms with Crippen molar-refractivity contribution in [3.63, 3.8) is 0 Å². The summed E-state index contributed by atoms with van der Waals surface area (Å²) >= 11 is 0. The first-order valence-electron chi connectivity index (χ1n) is 12.6. The van der Waals surface area contributed by atoms with Gasteiger partial charge < -0.3 is 9.47 Å². The fraction of sp³-hybridized carbons (Fsp3) is 0.161. The molecule has 1 amide bonds. The Morgan fingerprint density at radius 1 is 0.800 bits per heavy atom. The second-order valence-electron chi connectivity index (χ2n) is 9.07. The minimum absolute atomic E-state index is 0.0755. The average Bonchev–Trinajstić information content (AvgIpc) is 2.97. The van der Waals surface area contributed by atoms with Crippen LogP contribution in [-0.4, -0.2) is 38.3 Å². The minimum Gasteiger partial charge on any atom is -0.497 e. The van der Waals surface area contributed by atoms with E-state index >= 15 is 0 Å². The first-order chi connectivity index (χ1) is 19.3. The molecule has 1 N–H and O–H groups in total. The molecule has 0 bridgehead atoms. The van der Waals surface area contributed by atoms with E-state index in [9.17, 15) is 18.0 Å². The number of nitrogens with zero attached hydrogens (tertiary/aromatic N) is 1. The molecule has 0 heterocycles. The Balaban J connectivity index is 1.46. The Morgan fingerprint density at radius 3 is 1.90 bits per heavy atom. The van der Waals surface area contributed by atoms with Crippen LogP contribution < -0.4 is 10.1 Å². The maximum atomic E-state index is 13.8. The molecule has 0 atom stereocenters. The van der Waals surface area contributed by atoms with E-state index in [0.717, 1.165) is 11.1 Å². The van der Waals surface area contributed by atoms with Crippen LogP contribution >= 0.6 is 0 Å². The molecule has 40 heavy (non-hydrogen) atoms. The van der Waals surface area contributed by atoms with Crippen molar-refractivity contribution in [1.82, 2.24) is 4.31 Å². The molecule has 0 saturated carbocycles. The van der Waals surface area contributed by atoms with Gasteiger partial charge in [-0.1, -0.05) is 60.7 Å². The van der Waals surface area contributed by atoms with Crippen molar-refractivity contribution in [3.05, 3.63) is 125 Å². The Bertz CT molecular complexity index is 1520. The number of Topliss-reactive ketones (excluding diaryl/α,β-unsaturated/α-hetero) is 1. The van der Waals surface area contributed by atoms with Gasteiger partial charge in [-0.2, -0.15) is 4.31 Å². The monoisotopic (exact) mass is 558 g/mol. The lowest BCUT2D eigenvalue weighted by atomic mass is 10.1. The van der Waals surface area contributed by atoms with Gasteiger partial charge in [0.25, 0.3) is 0 Å². The molecule has 4 aromatic rings. The summed E-state index contributed by atoms with van der Waals surface area (Å²) in [4.78, 5) is 25.0. The van der Waals surface area contributed by atoms with Crippen LogP contribution in [0.1, 0.15) is 27.0 Å². The Hall–Kier alpha value is -4.47. The van der Waals surface area contributed by atoms with Crippen molar-refractivity contribution in [1.29, 1.82) is 0 Å². The van der Waals surface area contributed by atoms with Gasteiger partial charge in [0.05, 0.1) is 12.0 Å². The molecule has 4 aromatic carbocycles. The number of amides is 1. The number of carbonyl (C=O) groups excluding carboxylic acids is 2. The minimum atomic E-state index is -3.91. The van der Waals surface area contributed by atoms with Gasteiger partial charge in [0.2, 0.25) is 15.8 Å². The molecule has 0 fully saturated rings. The highest BCUT2D eigenvalue weighted by molar-refractivity contribution is 7.89. The lowest BCUT2D eigenvalue weighted by Gasteiger charge is -2.23. The number of aryl methyl sites for hydroxylation is 1. The summed E-state index contributed by atoms with van der Waals surface area (Å²) in [7, 11) is -2.37. The fourth-order valence-electron chi connectivity index (χ4n) is 4.10. The lowest BCUT2D eigenvalue weighted by molar-refractivity contribution is 0.0863. The van der Waals surface area contributed by atoms with Gasteiger partial charge in [-0.15, -0.1) is 0 Å². The molecule has 206 valence electrons. The maximum absolute atomic E-state index is 13.8. The van der Waals surface area contributed by atoms with E-state index in [2.05, 4.69) is 5.32 Å². The predicted octanol–water partition coefficient (Wildman–Crippen LogP) is 5.83. The molecular formula is C31H30N2O6S. The fourth-order valence-corrected chi connectivity index (χ4v) is 5.60. The quantitative estimate of drug-likeness (QED) is 0.233. The van der Waals surface area contributed by atoms with Crippen LogP contribution in [0.15, 0.2) is 108 Å². The smallest absolute Gasteiger partial charge is 0.412 e. The summed E-state index contributed by atoms with van der Waals surface area (Å²) in [6.07, 6.45) is -0.784.